The monoisotopic (exact) mass is 239 g/mol. The smallest absolute Gasteiger partial charge is 0.134 e. The zero-order chi connectivity index (χ0) is 11.5. The number of rotatable bonds is 4. The molecule has 0 amide bonds. The summed E-state index contributed by atoms with van der Waals surface area (Å²) in [6.07, 6.45) is 4.83. The molecule has 0 aliphatic heterocycles. The number of aromatic nitrogens is 2. The van der Waals surface area contributed by atoms with Crippen LogP contribution in [-0.4, -0.2) is 16.0 Å². The maximum absolute atomic E-state index is 5.95. The Morgan fingerprint density at radius 1 is 1.50 bits per heavy atom. The van der Waals surface area contributed by atoms with Crippen molar-refractivity contribution >= 4 is 17.4 Å². The minimum atomic E-state index is 0.476. The molecular formula is C12H18ClN3. The van der Waals surface area contributed by atoms with Crippen LogP contribution in [0.25, 0.3) is 0 Å². The second kappa shape index (κ2) is 5.00. The second-order valence-corrected chi connectivity index (χ2v) is 4.86. The van der Waals surface area contributed by atoms with Crippen LogP contribution < -0.4 is 5.32 Å². The summed E-state index contributed by atoms with van der Waals surface area (Å²) < 4.78 is 0. The maximum atomic E-state index is 5.95. The van der Waals surface area contributed by atoms with E-state index in [-0.39, 0.29) is 0 Å². The predicted molar refractivity (Wildman–Crippen MR) is 66.8 cm³/mol. The normalized spacial score (nSPS) is 17.9. The van der Waals surface area contributed by atoms with Crippen molar-refractivity contribution in [3.8, 4) is 0 Å². The van der Waals surface area contributed by atoms with E-state index in [2.05, 4.69) is 22.2 Å². The van der Waals surface area contributed by atoms with Crippen molar-refractivity contribution in [2.24, 2.45) is 5.92 Å². The first-order chi connectivity index (χ1) is 7.69. The van der Waals surface area contributed by atoms with E-state index >= 15 is 0 Å². The molecule has 1 unspecified atom stereocenters. The highest BCUT2D eigenvalue weighted by Gasteiger charge is 2.24. The molecule has 0 aromatic carbocycles. The van der Waals surface area contributed by atoms with Crippen molar-refractivity contribution in [1.29, 1.82) is 0 Å². The fourth-order valence-corrected chi connectivity index (χ4v) is 2.19. The molecule has 0 bridgehead atoms. The molecule has 0 spiro atoms. The molecule has 1 aliphatic carbocycles. The van der Waals surface area contributed by atoms with E-state index in [1.807, 2.05) is 6.92 Å². The lowest BCUT2D eigenvalue weighted by Gasteiger charge is -2.32. The third-order valence-electron chi connectivity index (χ3n) is 3.29. The first-order valence-corrected chi connectivity index (χ1v) is 6.37. The van der Waals surface area contributed by atoms with Crippen molar-refractivity contribution in [2.75, 3.05) is 5.32 Å². The van der Waals surface area contributed by atoms with Gasteiger partial charge in [0.25, 0.3) is 0 Å². The molecule has 3 nitrogen and oxygen atoms in total. The van der Waals surface area contributed by atoms with Crippen LogP contribution in [0, 0.1) is 5.92 Å². The zero-order valence-corrected chi connectivity index (χ0v) is 10.6. The molecule has 0 saturated heterocycles. The summed E-state index contributed by atoms with van der Waals surface area (Å²) in [6.45, 7) is 4.25. The Morgan fingerprint density at radius 3 is 2.81 bits per heavy atom. The molecule has 1 N–H and O–H groups in total. The highest BCUT2D eigenvalue weighted by atomic mass is 35.5. The largest absolute Gasteiger partial charge is 0.367 e. The molecule has 1 aliphatic rings. The van der Waals surface area contributed by atoms with Gasteiger partial charge in [-0.25, -0.2) is 9.97 Å². The highest BCUT2D eigenvalue weighted by Crippen LogP contribution is 2.30. The lowest BCUT2D eigenvalue weighted by molar-refractivity contribution is 0.285. The van der Waals surface area contributed by atoms with E-state index in [9.17, 15) is 0 Å². The fourth-order valence-electron chi connectivity index (χ4n) is 1.99. The number of anilines is 1. The first kappa shape index (κ1) is 11.6. The molecule has 2 rings (SSSR count). The molecule has 1 aromatic heterocycles. The van der Waals surface area contributed by atoms with Gasteiger partial charge in [0.05, 0.1) is 0 Å². The van der Waals surface area contributed by atoms with Gasteiger partial charge < -0.3 is 5.32 Å². The van der Waals surface area contributed by atoms with Gasteiger partial charge in [-0.3, -0.25) is 0 Å². The summed E-state index contributed by atoms with van der Waals surface area (Å²) in [5.41, 5.74) is 0. The van der Waals surface area contributed by atoms with Crippen molar-refractivity contribution in [3.05, 3.63) is 17.0 Å². The Balaban J connectivity index is 2.04. The van der Waals surface area contributed by atoms with Gasteiger partial charge in [-0.05, 0) is 25.7 Å². The van der Waals surface area contributed by atoms with E-state index in [0.29, 0.717) is 11.2 Å². The predicted octanol–water partition coefficient (Wildman–Crippen LogP) is 3.29. The summed E-state index contributed by atoms with van der Waals surface area (Å²) in [5.74, 6) is 2.45. The molecule has 1 atom stereocenters. The van der Waals surface area contributed by atoms with Gasteiger partial charge in [-0.2, -0.15) is 0 Å². The van der Waals surface area contributed by atoms with Gasteiger partial charge >= 0.3 is 0 Å². The van der Waals surface area contributed by atoms with E-state index in [4.69, 9.17) is 11.6 Å². The summed E-state index contributed by atoms with van der Waals surface area (Å²) in [5, 5.41) is 3.95. The topological polar surface area (TPSA) is 37.8 Å². The highest BCUT2D eigenvalue weighted by molar-refractivity contribution is 6.29. The number of halogens is 1. The van der Waals surface area contributed by atoms with Crippen molar-refractivity contribution in [1.82, 2.24) is 9.97 Å². The van der Waals surface area contributed by atoms with Crippen molar-refractivity contribution in [2.45, 2.75) is 45.6 Å². The molecule has 1 saturated carbocycles. The molecular weight excluding hydrogens is 222 g/mol. The number of aryl methyl sites for hydroxylation is 1. The van der Waals surface area contributed by atoms with Gasteiger partial charge in [-0.15, -0.1) is 0 Å². The van der Waals surface area contributed by atoms with Gasteiger partial charge in [0.15, 0.2) is 0 Å². The summed E-state index contributed by atoms with van der Waals surface area (Å²) in [7, 11) is 0. The van der Waals surface area contributed by atoms with E-state index < -0.39 is 0 Å². The average molecular weight is 240 g/mol. The summed E-state index contributed by atoms with van der Waals surface area (Å²) in [6, 6.07) is 2.28. The van der Waals surface area contributed by atoms with E-state index in [0.717, 1.165) is 24.0 Å². The minimum absolute atomic E-state index is 0.476. The van der Waals surface area contributed by atoms with E-state index in [1.165, 1.54) is 19.3 Å². The Kier molecular flexibility index (Phi) is 3.64. The summed E-state index contributed by atoms with van der Waals surface area (Å²) in [4.78, 5) is 8.58. The van der Waals surface area contributed by atoms with Crippen LogP contribution in [-0.2, 0) is 6.42 Å². The number of hydrogen-bond donors (Lipinski definition) is 1. The number of nitrogens with one attached hydrogen (secondary N) is 1. The zero-order valence-electron chi connectivity index (χ0n) is 9.83. The quantitative estimate of drug-likeness (QED) is 0.820. The molecule has 1 fully saturated rings. The Morgan fingerprint density at radius 2 is 2.25 bits per heavy atom. The maximum Gasteiger partial charge on any atom is 0.134 e. The van der Waals surface area contributed by atoms with Gasteiger partial charge in [0, 0.05) is 18.5 Å². The molecule has 0 radical (unpaired) electrons. The molecule has 88 valence electrons. The van der Waals surface area contributed by atoms with Crippen LogP contribution in [0.5, 0.6) is 0 Å². The van der Waals surface area contributed by atoms with Crippen molar-refractivity contribution in [3.63, 3.8) is 0 Å². The van der Waals surface area contributed by atoms with Crippen molar-refractivity contribution < 1.29 is 0 Å². The van der Waals surface area contributed by atoms with Crippen LogP contribution in [0.1, 0.15) is 38.9 Å². The molecule has 1 heterocycles. The third-order valence-corrected chi connectivity index (χ3v) is 3.48. The van der Waals surface area contributed by atoms with Gasteiger partial charge in [0.1, 0.15) is 16.8 Å². The minimum Gasteiger partial charge on any atom is -0.367 e. The Hall–Kier alpha value is -0.830. The lowest BCUT2D eigenvalue weighted by Crippen LogP contribution is -2.31. The molecule has 1 aromatic rings. The standard InChI is InChI=1S/C12H18ClN3/c1-3-11-15-10(13)7-12(16-11)14-8(2)9-5-4-6-9/h7-9H,3-6H2,1-2H3,(H,14,15,16). The summed E-state index contributed by atoms with van der Waals surface area (Å²) >= 11 is 5.95. The lowest BCUT2D eigenvalue weighted by atomic mass is 9.80. The first-order valence-electron chi connectivity index (χ1n) is 5.99. The fraction of sp³-hybridized carbons (Fsp3) is 0.667. The Bertz CT molecular complexity index is 363. The number of nitrogens with zero attached hydrogens (tertiary/aromatic N) is 2. The molecule has 4 heteroatoms. The molecule has 16 heavy (non-hydrogen) atoms. The van der Waals surface area contributed by atoms with E-state index in [1.54, 1.807) is 6.07 Å². The van der Waals surface area contributed by atoms with Crippen LogP contribution >= 0.6 is 11.6 Å². The van der Waals surface area contributed by atoms with Crippen LogP contribution in [0.2, 0.25) is 5.15 Å². The number of hydrogen-bond acceptors (Lipinski definition) is 3. The Labute approximate surface area is 102 Å². The third kappa shape index (κ3) is 2.64. The average Bonchev–Trinajstić information content (AvgIpc) is 2.13. The van der Waals surface area contributed by atoms with Gasteiger partial charge in [-0.1, -0.05) is 24.9 Å². The SMILES string of the molecule is CCc1nc(Cl)cc(NC(C)C2CCC2)n1. The van der Waals surface area contributed by atoms with Gasteiger partial charge in [0.2, 0.25) is 0 Å². The second-order valence-electron chi connectivity index (χ2n) is 4.47. The van der Waals surface area contributed by atoms with Crippen LogP contribution in [0.15, 0.2) is 6.07 Å². The van der Waals surface area contributed by atoms with Crippen LogP contribution in [0.4, 0.5) is 5.82 Å². The van der Waals surface area contributed by atoms with Crippen LogP contribution in [0.3, 0.4) is 0 Å².